The van der Waals surface area contributed by atoms with Gasteiger partial charge in [0.15, 0.2) is 5.79 Å². The zero-order valence-corrected chi connectivity index (χ0v) is 12.3. The summed E-state index contributed by atoms with van der Waals surface area (Å²) in [6.07, 6.45) is 1.79. The second-order valence-corrected chi connectivity index (χ2v) is 7.16. The highest BCUT2D eigenvalue weighted by Crippen LogP contribution is 2.53. The molecule has 3 atom stereocenters. The first-order valence-electron chi connectivity index (χ1n) is 7.24. The predicted molar refractivity (Wildman–Crippen MR) is 69.8 cm³/mol. The lowest BCUT2D eigenvalue weighted by atomic mass is 9.91. The van der Waals surface area contributed by atoms with Gasteiger partial charge in [0.1, 0.15) is 11.7 Å². The van der Waals surface area contributed by atoms with Gasteiger partial charge >= 0.3 is 5.97 Å². The van der Waals surface area contributed by atoms with Crippen molar-refractivity contribution in [1.29, 1.82) is 0 Å². The van der Waals surface area contributed by atoms with Crippen LogP contribution in [-0.4, -0.2) is 37.9 Å². The summed E-state index contributed by atoms with van der Waals surface area (Å²) >= 11 is 0. The number of esters is 1. The Bertz CT molecular complexity index is 424. The molecule has 0 aromatic rings. The van der Waals surface area contributed by atoms with Crippen molar-refractivity contribution in [3.05, 3.63) is 0 Å². The SMILES string of the molecule is COC(=O)C1C(=O)C[C@H]2CC3(C[C@@H]12)OCC(C)(C)CO3. The van der Waals surface area contributed by atoms with Crippen molar-refractivity contribution in [2.45, 2.75) is 38.9 Å². The number of ketones is 1. The van der Waals surface area contributed by atoms with Gasteiger partial charge in [-0.2, -0.15) is 0 Å². The minimum atomic E-state index is -0.619. The summed E-state index contributed by atoms with van der Waals surface area (Å²) in [6, 6.07) is 0. The number of hydrogen-bond donors (Lipinski definition) is 0. The third-order valence-corrected chi connectivity index (χ3v) is 4.87. The molecule has 2 aliphatic carbocycles. The van der Waals surface area contributed by atoms with Crippen LogP contribution in [0.25, 0.3) is 0 Å². The molecule has 3 aliphatic rings. The molecule has 0 bridgehead atoms. The van der Waals surface area contributed by atoms with E-state index in [4.69, 9.17) is 14.2 Å². The Kier molecular flexibility index (Phi) is 3.18. The summed E-state index contributed by atoms with van der Waals surface area (Å²) in [5.74, 6) is -1.40. The van der Waals surface area contributed by atoms with Gasteiger partial charge in [-0.15, -0.1) is 0 Å². The van der Waals surface area contributed by atoms with Crippen LogP contribution in [0.3, 0.4) is 0 Å². The van der Waals surface area contributed by atoms with Crippen LogP contribution in [0.2, 0.25) is 0 Å². The van der Waals surface area contributed by atoms with Gasteiger partial charge in [0, 0.05) is 24.7 Å². The van der Waals surface area contributed by atoms with E-state index < -0.39 is 17.7 Å². The van der Waals surface area contributed by atoms with Gasteiger partial charge in [-0.3, -0.25) is 9.59 Å². The summed E-state index contributed by atoms with van der Waals surface area (Å²) in [5.41, 5.74) is 0.0283. The van der Waals surface area contributed by atoms with Gasteiger partial charge < -0.3 is 14.2 Å². The zero-order chi connectivity index (χ0) is 14.5. The molecule has 1 heterocycles. The van der Waals surface area contributed by atoms with Crippen LogP contribution in [0, 0.1) is 23.2 Å². The Hall–Kier alpha value is -0.940. The van der Waals surface area contributed by atoms with E-state index in [0.717, 1.165) is 0 Å². The lowest BCUT2D eigenvalue weighted by Crippen LogP contribution is -2.46. The minimum Gasteiger partial charge on any atom is -0.468 e. The third-order valence-electron chi connectivity index (χ3n) is 4.87. The van der Waals surface area contributed by atoms with E-state index >= 15 is 0 Å². The van der Waals surface area contributed by atoms with Crippen molar-refractivity contribution in [1.82, 2.24) is 0 Å². The normalized spacial score (nSPS) is 38.0. The van der Waals surface area contributed by atoms with Crippen molar-refractivity contribution >= 4 is 11.8 Å². The number of carbonyl (C=O) groups excluding carboxylic acids is 2. The lowest BCUT2D eigenvalue weighted by Gasteiger charge is -2.42. The van der Waals surface area contributed by atoms with Gasteiger partial charge in [0.2, 0.25) is 0 Å². The van der Waals surface area contributed by atoms with Crippen LogP contribution in [0.1, 0.15) is 33.1 Å². The highest BCUT2D eigenvalue weighted by atomic mass is 16.7. The molecule has 2 saturated carbocycles. The summed E-state index contributed by atoms with van der Waals surface area (Å²) < 4.78 is 16.8. The van der Waals surface area contributed by atoms with Crippen molar-refractivity contribution in [3.8, 4) is 0 Å². The monoisotopic (exact) mass is 282 g/mol. The number of rotatable bonds is 1. The van der Waals surface area contributed by atoms with Gasteiger partial charge in [0.05, 0.1) is 20.3 Å². The molecule has 5 nitrogen and oxygen atoms in total. The number of ether oxygens (including phenoxy) is 3. The maximum Gasteiger partial charge on any atom is 0.316 e. The Morgan fingerprint density at radius 1 is 1.25 bits per heavy atom. The third kappa shape index (κ3) is 2.17. The molecular formula is C15H22O5. The highest BCUT2D eigenvalue weighted by molar-refractivity contribution is 6.01. The minimum absolute atomic E-state index is 0.0103. The van der Waals surface area contributed by atoms with Crippen molar-refractivity contribution < 1.29 is 23.8 Å². The summed E-state index contributed by atoms with van der Waals surface area (Å²) in [4.78, 5) is 23.8. The van der Waals surface area contributed by atoms with E-state index in [1.807, 2.05) is 0 Å². The van der Waals surface area contributed by atoms with Gasteiger partial charge in [-0.25, -0.2) is 0 Å². The molecule has 0 radical (unpaired) electrons. The quantitative estimate of drug-likeness (QED) is 0.539. The zero-order valence-electron chi connectivity index (χ0n) is 12.3. The van der Waals surface area contributed by atoms with Crippen LogP contribution in [-0.2, 0) is 23.8 Å². The van der Waals surface area contributed by atoms with E-state index in [9.17, 15) is 9.59 Å². The largest absolute Gasteiger partial charge is 0.468 e. The van der Waals surface area contributed by atoms with E-state index in [1.54, 1.807) is 0 Å². The van der Waals surface area contributed by atoms with E-state index in [0.29, 0.717) is 32.5 Å². The molecule has 0 N–H and O–H groups in total. The van der Waals surface area contributed by atoms with Crippen LogP contribution >= 0.6 is 0 Å². The molecule has 0 aromatic heterocycles. The van der Waals surface area contributed by atoms with Crippen LogP contribution in [0.15, 0.2) is 0 Å². The fourth-order valence-corrected chi connectivity index (χ4v) is 3.80. The van der Waals surface area contributed by atoms with Gasteiger partial charge in [0.25, 0.3) is 0 Å². The average molecular weight is 282 g/mol. The number of fused-ring (bicyclic) bond motifs is 1. The molecule has 1 saturated heterocycles. The van der Waals surface area contributed by atoms with Gasteiger partial charge in [-0.05, 0) is 11.8 Å². The predicted octanol–water partition coefficient (Wildman–Crippen LogP) is 1.54. The van der Waals surface area contributed by atoms with Crippen LogP contribution in [0.4, 0.5) is 0 Å². The number of Topliss-reactive ketones (excluding diaryl/α,β-unsaturated/α-hetero) is 1. The van der Waals surface area contributed by atoms with Crippen molar-refractivity contribution in [2.24, 2.45) is 23.2 Å². The standard InChI is InChI=1S/C15H22O5/c1-14(2)7-19-15(20-8-14)5-9-4-11(16)12(10(9)6-15)13(17)18-3/h9-10,12H,4-8H2,1-3H3/t9-,10+,12?/m0/s1. The Balaban J connectivity index is 1.74. The maximum atomic E-state index is 12.0. The molecule has 112 valence electrons. The number of methoxy groups -OCH3 is 1. The Labute approximate surface area is 118 Å². The summed E-state index contributed by atoms with van der Waals surface area (Å²) in [7, 11) is 1.34. The van der Waals surface area contributed by atoms with E-state index in [-0.39, 0.29) is 23.0 Å². The first-order valence-corrected chi connectivity index (χ1v) is 7.24. The van der Waals surface area contributed by atoms with Crippen LogP contribution < -0.4 is 0 Å². The average Bonchev–Trinajstić information content (AvgIpc) is 2.86. The molecule has 1 aliphatic heterocycles. The molecule has 0 amide bonds. The maximum absolute atomic E-state index is 12.0. The molecule has 1 unspecified atom stereocenters. The Morgan fingerprint density at radius 2 is 1.90 bits per heavy atom. The fraction of sp³-hybridized carbons (Fsp3) is 0.867. The molecular weight excluding hydrogens is 260 g/mol. The molecule has 5 heteroatoms. The van der Waals surface area contributed by atoms with Crippen molar-refractivity contribution in [2.75, 3.05) is 20.3 Å². The number of hydrogen-bond acceptors (Lipinski definition) is 5. The van der Waals surface area contributed by atoms with E-state index in [1.165, 1.54) is 7.11 Å². The fourth-order valence-electron chi connectivity index (χ4n) is 3.80. The molecule has 3 fully saturated rings. The molecule has 3 rings (SSSR count). The van der Waals surface area contributed by atoms with Gasteiger partial charge in [-0.1, -0.05) is 13.8 Å². The first kappa shape index (κ1) is 14.0. The van der Waals surface area contributed by atoms with Crippen molar-refractivity contribution in [3.63, 3.8) is 0 Å². The summed E-state index contributed by atoms with van der Waals surface area (Å²) in [6.45, 7) is 5.53. The molecule has 0 aromatic carbocycles. The first-order chi connectivity index (χ1) is 9.36. The number of carbonyl (C=O) groups is 2. The lowest BCUT2D eigenvalue weighted by molar-refractivity contribution is -0.297. The summed E-state index contributed by atoms with van der Waals surface area (Å²) in [5, 5.41) is 0. The van der Waals surface area contributed by atoms with E-state index in [2.05, 4.69) is 13.8 Å². The van der Waals surface area contributed by atoms with Crippen LogP contribution in [0.5, 0.6) is 0 Å². The second-order valence-electron chi connectivity index (χ2n) is 7.16. The molecule has 1 spiro atoms. The smallest absolute Gasteiger partial charge is 0.316 e. The topological polar surface area (TPSA) is 61.8 Å². The highest BCUT2D eigenvalue weighted by Gasteiger charge is 2.59. The molecule has 20 heavy (non-hydrogen) atoms. The second kappa shape index (κ2) is 4.53. The Morgan fingerprint density at radius 3 is 2.50 bits per heavy atom.